The quantitative estimate of drug-likeness (QED) is 0.540. The Hall–Kier alpha value is -1.91. The van der Waals surface area contributed by atoms with Gasteiger partial charge in [-0.3, -0.25) is 0 Å². The second-order valence-electron chi connectivity index (χ2n) is 3.78. The molecule has 1 aromatic rings. The van der Waals surface area contributed by atoms with Crippen molar-refractivity contribution in [1.29, 1.82) is 5.26 Å². The second-order valence-corrected chi connectivity index (χ2v) is 3.78. The van der Waals surface area contributed by atoms with E-state index in [1.165, 1.54) is 0 Å². The van der Waals surface area contributed by atoms with Gasteiger partial charge in [0.1, 0.15) is 0 Å². The van der Waals surface area contributed by atoms with Crippen molar-refractivity contribution in [3.8, 4) is 6.07 Å². The summed E-state index contributed by atoms with van der Waals surface area (Å²) in [5, 5.41) is 8.67. The molecule has 0 bridgehead atoms. The molecule has 1 fully saturated rings. The fourth-order valence-electron chi connectivity index (χ4n) is 1.92. The van der Waals surface area contributed by atoms with Crippen molar-refractivity contribution >= 4 is 6.08 Å². The van der Waals surface area contributed by atoms with Crippen molar-refractivity contribution in [2.75, 3.05) is 0 Å². The molecule has 0 radical (unpaired) electrons. The smallest absolute Gasteiger partial charge is 0.211 e. The van der Waals surface area contributed by atoms with E-state index in [9.17, 15) is 4.79 Å². The highest BCUT2D eigenvalue weighted by Crippen LogP contribution is 2.44. The number of benzene rings is 1. The van der Waals surface area contributed by atoms with E-state index in [0.717, 1.165) is 24.8 Å². The molecule has 1 aliphatic carbocycles. The average Bonchev–Trinajstić information content (AvgIpc) is 2.24. The third kappa shape index (κ3) is 1.56. The highest BCUT2D eigenvalue weighted by Gasteiger charge is 2.38. The maximum Gasteiger partial charge on any atom is 0.235 e. The van der Waals surface area contributed by atoms with Crippen LogP contribution in [0.5, 0.6) is 0 Å². The number of hydrogen-bond donors (Lipinski definition) is 0. The van der Waals surface area contributed by atoms with Gasteiger partial charge in [0, 0.05) is 0 Å². The zero-order valence-corrected chi connectivity index (χ0v) is 8.23. The molecule has 0 aliphatic heterocycles. The molecule has 3 nitrogen and oxygen atoms in total. The summed E-state index contributed by atoms with van der Waals surface area (Å²) in [6.07, 6.45) is 4.53. The molecule has 0 N–H and O–H groups in total. The Balaban J connectivity index is 2.36. The summed E-state index contributed by atoms with van der Waals surface area (Å²) < 4.78 is 0. The Labute approximate surface area is 88.1 Å². The number of nitriles is 1. The van der Waals surface area contributed by atoms with Crippen LogP contribution in [0.4, 0.5) is 0 Å². The zero-order chi connectivity index (χ0) is 10.7. The Morgan fingerprint density at radius 1 is 1.27 bits per heavy atom. The molecule has 0 atom stereocenters. The molecule has 0 amide bonds. The summed E-state index contributed by atoms with van der Waals surface area (Å²) >= 11 is 0. The fourth-order valence-corrected chi connectivity index (χ4v) is 1.92. The van der Waals surface area contributed by atoms with Gasteiger partial charge in [-0.25, -0.2) is 4.79 Å². The van der Waals surface area contributed by atoms with Gasteiger partial charge < -0.3 is 0 Å². The average molecular weight is 198 g/mol. The zero-order valence-electron chi connectivity index (χ0n) is 8.23. The third-order valence-electron chi connectivity index (χ3n) is 2.99. The van der Waals surface area contributed by atoms with Crippen LogP contribution >= 0.6 is 0 Å². The van der Waals surface area contributed by atoms with Crippen molar-refractivity contribution in [2.24, 2.45) is 4.99 Å². The Morgan fingerprint density at radius 3 is 2.33 bits per heavy atom. The van der Waals surface area contributed by atoms with Crippen molar-refractivity contribution in [1.82, 2.24) is 0 Å². The van der Waals surface area contributed by atoms with Crippen LogP contribution in [0.1, 0.15) is 30.4 Å². The summed E-state index contributed by atoms with van der Waals surface area (Å²) in [5.74, 6) is 0. The Morgan fingerprint density at radius 2 is 1.93 bits per heavy atom. The Kier molecular flexibility index (Phi) is 2.37. The van der Waals surface area contributed by atoms with Crippen molar-refractivity contribution in [2.45, 2.75) is 24.8 Å². The minimum Gasteiger partial charge on any atom is -0.211 e. The van der Waals surface area contributed by atoms with Crippen molar-refractivity contribution < 1.29 is 4.79 Å². The van der Waals surface area contributed by atoms with Crippen LogP contribution in [-0.4, -0.2) is 6.08 Å². The highest BCUT2D eigenvalue weighted by atomic mass is 16.1. The van der Waals surface area contributed by atoms with Crippen LogP contribution < -0.4 is 0 Å². The van der Waals surface area contributed by atoms with E-state index < -0.39 is 0 Å². The van der Waals surface area contributed by atoms with Gasteiger partial charge in [-0.15, -0.1) is 0 Å². The highest BCUT2D eigenvalue weighted by molar-refractivity contribution is 5.41. The van der Waals surface area contributed by atoms with Gasteiger partial charge >= 0.3 is 0 Å². The van der Waals surface area contributed by atoms with E-state index in [0.29, 0.717) is 5.56 Å². The second kappa shape index (κ2) is 3.68. The largest absolute Gasteiger partial charge is 0.235 e. The Bertz CT molecular complexity index is 446. The lowest BCUT2D eigenvalue weighted by atomic mass is 9.72. The first-order valence-electron chi connectivity index (χ1n) is 4.90. The molecular weight excluding hydrogens is 188 g/mol. The molecule has 1 aliphatic rings. The van der Waals surface area contributed by atoms with Crippen molar-refractivity contribution in [3.63, 3.8) is 0 Å². The molecule has 0 heterocycles. The van der Waals surface area contributed by atoms with Crippen LogP contribution in [0.3, 0.4) is 0 Å². The molecule has 74 valence electrons. The van der Waals surface area contributed by atoms with E-state index in [4.69, 9.17) is 5.26 Å². The topological polar surface area (TPSA) is 53.2 Å². The lowest BCUT2D eigenvalue weighted by Crippen LogP contribution is -2.31. The van der Waals surface area contributed by atoms with Crippen LogP contribution in [0, 0.1) is 11.3 Å². The lowest BCUT2D eigenvalue weighted by molar-refractivity contribution is 0.256. The first-order valence-corrected chi connectivity index (χ1v) is 4.90. The number of isocyanates is 1. The van der Waals surface area contributed by atoms with Gasteiger partial charge in [0.15, 0.2) is 0 Å². The number of nitrogens with zero attached hydrogens (tertiary/aromatic N) is 2. The van der Waals surface area contributed by atoms with Gasteiger partial charge in [0.25, 0.3) is 0 Å². The summed E-state index contributed by atoms with van der Waals surface area (Å²) in [5.41, 5.74) is 1.29. The monoisotopic (exact) mass is 198 g/mol. The lowest BCUT2D eigenvalue weighted by Gasteiger charge is -2.37. The van der Waals surface area contributed by atoms with E-state index in [1.807, 2.05) is 12.1 Å². The number of rotatable bonds is 2. The van der Waals surface area contributed by atoms with Crippen LogP contribution in [0.15, 0.2) is 29.3 Å². The molecule has 0 saturated heterocycles. The van der Waals surface area contributed by atoms with Crippen LogP contribution in [-0.2, 0) is 10.3 Å². The maximum absolute atomic E-state index is 10.4. The summed E-state index contributed by atoms with van der Waals surface area (Å²) in [6, 6.07) is 9.33. The number of hydrogen-bond acceptors (Lipinski definition) is 3. The molecule has 15 heavy (non-hydrogen) atoms. The number of aliphatic imine (C=N–C) groups is 1. The van der Waals surface area contributed by atoms with Gasteiger partial charge in [-0.2, -0.15) is 10.3 Å². The van der Waals surface area contributed by atoms with Gasteiger partial charge in [0.05, 0.1) is 17.2 Å². The molecule has 1 saturated carbocycles. The summed E-state index contributed by atoms with van der Waals surface area (Å²) in [7, 11) is 0. The summed E-state index contributed by atoms with van der Waals surface area (Å²) in [4.78, 5) is 14.3. The molecule has 0 unspecified atom stereocenters. The van der Waals surface area contributed by atoms with Gasteiger partial charge in [0.2, 0.25) is 6.08 Å². The standard InChI is InChI=1S/C12H10N2O/c13-8-10-2-4-11(5-3-10)12(14-9-15)6-1-7-12/h2-5H,1,6-7H2. The van der Waals surface area contributed by atoms with Crippen LogP contribution in [0.2, 0.25) is 0 Å². The predicted molar refractivity (Wildman–Crippen MR) is 54.8 cm³/mol. The van der Waals surface area contributed by atoms with E-state index in [1.54, 1.807) is 18.2 Å². The SMILES string of the molecule is N#Cc1ccc(C2(N=C=O)CCC2)cc1. The maximum atomic E-state index is 10.4. The first-order chi connectivity index (χ1) is 7.30. The minimum absolute atomic E-state index is 0.351. The molecule has 3 heteroatoms. The number of carbonyl (C=O) groups excluding carboxylic acids is 1. The van der Waals surface area contributed by atoms with Crippen LogP contribution in [0.25, 0.3) is 0 Å². The normalized spacial score (nSPS) is 17.0. The predicted octanol–water partition coefficient (Wildman–Crippen LogP) is 2.27. The third-order valence-corrected chi connectivity index (χ3v) is 2.99. The molecule has 2 rings (SSSR count). The van der Waals surface area contributed by atoms with Crippen molar-refractivity contribution in [3.05, 3.63) is 35.4 Å². The summed E-state index contributed by atoms with van der Waals surface area (Å²) in [6.45, 7) is 0. The minimum atomic E-state index is -0.351. The van der Waals surface area contributed by atoms with E-state index >= 15 is 0 Å². The first kappa shape index (κ1) is 9.64. The molecule has 0 aromatic heterocycles. The van der Waals surface area contributed by atoms with Gasteiger partial charge in [-0.1, -0.05) is 12.1 Å². The fraction of sp³-hybridized carbons (Fsp3) is 0.333. The molecule has 0 spiro atoms. The van der Waals surface area contributed by atoms with Gasteiger partial charge in [-0.05, 0) is 37.0 Å². The molecule has 1 aromatic carbocycles. The molecular formula is C12H10N2O. The van der Waals surface area contributed by atoms with E-state index in [2.05, 4.69) is 11.1 Å². The van der Waals surface area contributed by atoms with E-state index in [-0.39, 0.29) is 5.54 Å².